The molecule has 3 aliphatic heterocycles. The average Bonchev–Trinajstić information content (AvgIpc) is 3.23. The fraction of sp³-hybridized carbons (Fsp3) is 0.435. The lowest BCUT2D eigenvalue weighted by Gasteiger charge is -2.43. The maximum Gasteiger partial charge on any atom is 0.223 e. The van der Waals surface area contributed by atoms with E-state index in [1.54, 1.807) is 6.20 Å². The van der Waals surface area contributed by atoms with Gasteiger partial charge >= 0.3 is 0 Å². The molecule has 6 rings (SSSR count). The molecule has 0 bridgehead atoms. The van der Waals surface area contributed by atoms with Crippen molar-refractivity contribution in [2.75, 3.05) is 38.3 Å². The molecule has 0 aliphatic carbocycles. The van der Waals surface area contributed by atoms with Gasteiger partial charge < -0.3 is 14.4 Å². The molecule has 2 saturated heterocycles. The van der Waals surface area contributed by atoms with Crippen LogP contribution < -0.4 is 9.64 Å². The number of anilines is 1. The molecule has 0 amide bonds. The van der Waals surface area contributed by atoms with E-state index in [4.69, 9.17) is 19.6 Å². The van der Waals surface area contributed by atoms with E-state index in [1.165, 1.54) is 0 Å². The molecule has 0 spiro atoms. The van der Waals surface area contributed by atoms with Crippen LogP contribution in [0.25, 0.3) is 16.9 Å². The number of hydrogen-bond donors (Lipinski definition) is 0. The number of pyridine rings is 2. The minimum atomic E-state index is 0.487. The quantitative estimate of drug-likeness (QED) is 0.645. The smallest absolute Gasteiger partial charge is 0.223 e. The first-order valence-electron chi connectivity index (χ1n) is 10.9. The molecule has 31 heavy (non-hydrogen) atoms. The second-order valence-corrected chi connectivity index (χ2v) is 8.54. The number of hydrogen-bond acceptors (Lipinski definition) is 7. The van der Waals surface area contributed by atoms with E-state index in [9.17, 15) is 0 Å². The van der Waals surface area contributed by atoms with E-state index in [1.807, 2.05) is 29.2 Å². The van der Waals surface area contributed by atoms with Crippen molar-refractivity contribution in [1.82, 2.24) is 24.6 Å². The van der Waals surface area contributed by atoms with Crippen LogP contribution in [0, 0.1) is 0 Å². The monoisotopic (exact) mass is 418 g/mol. The van der Waals surface area contributed by atoms with Crippen LogP contribution >= 0.6 is 0 Å². The third-order valence-electron chi connectivity index (χ3n) is 6.74. The number of nitrogens with zero attached hydrogens (tertiary/aromatic N) is 6. The van der Waals surface area contributed by atoms with Crippen LogP contribution in [-0.2, 0) is 11.3 Å². The van der Waals surface area contributed by atoms with E-state index in [0.717, 1.165) is 67.5 Å². The molecule has 0 unspecified atom stereocenters. The van der Waals surface area contributed by atoms with Crippen molar-refractivity contribution in [3.63, 3.8) is 0 Å². The number of ether oxygens (including phenoxy) is 2. The molecule has 160 valence electrons. The standard InChI is InChI=1S/C23H26N6O2/c1-27(19-14-30-15-19)17-6-9-28(10-7-17)21-5-4-18(11-25-21)29-12-16-13-31-23-20(22(16)26-29)3-2-8-24-23/h2-5,8,11-12,17,19H,6-7,9-10,13-15H2,1H3. The zero-order valence-corrected chi connectivity index (χ0v) is 17.6. The van der Waals surface area contributed by atoms with Gasteiger partial charge in [-0.2, -0.15) is 5.10 Å². The molecule has 0 radical (unpaired) electrons. The summed E-state index contributed by atoms with van der Waals surface area (Å²) in [5.74, 6) is 1.68. The molecule has 0 atom stereocenters. The van der Waals surface area contributed by atoms with Crippen molar-refractivity contribution < 1.29 is 9.47 Å². The van der Waals surface area contributed by atoms with Crippen molar-refractivity contribution in [2.24, 2.45) is 0 Å². The largest absolute Gasteiger partial charge is 0.472 e. The summed E-state index contributed by atoms with van der Waals surface area (Å²) in [6, 6.07) is 9.34. The van der Waals surface area contributed by atoms with Gasteiger partial charge in [0.15, 0.2) is 0 Å². The van der Waals surface area contributed by atoms with E-state index in [2.05, 4.69) is 34.0 Å². The maximum absolute atomic E-state index is 5.75. The SMILES string of the molecule is CN(C1CCN(c2ccc(-n3cc4c(n3)-c3cccnc3OC4)cn2)CC1)C1COC1. The number of likely N-dealkylation sites (N-methyl/N-ethyl adjacent to an activating group) is 1. The molecule has 8 nitrogen and oxygen atoms in total. The third kappa shape index (κ3) is 3.36. The molecule has 8 heteroatoms. The number of rotatable bonds is 4. The lowest BCUT2D eigenvalue weighted by Crippen LogP contribution is -2.54. The van der Waals surface area contributed by atoms with Crippen molar-refractivity contribution >= 4 is 5.82 Å². The average molecular weight is 419 g/mol. The van der Waals surface area contributed by atoms with Crippen LogP contribution in [0.2, 0.25) is 0 Å². The third-order valence-corrected chi connectivity index (χ3v) is 6.74. The normalized spacial score (nSPS) is 19.0. The lowest BCUT2D eigenvalue weighted by atomic mass is 10.0. The van der Waals surface area contributed by atoms with E-state index in [0.29, 0.717) is 24.6 Å². The summed E-state index contributed by atoms with van der Waals surface area (Å²) < 4.78 is 13.0. The molecule has 3 aromatic heterocycles. The summed E-state index contributed by atoms with van der Waals surface area (Å²) in [5.41, 5.74) is 3.88. The van der Waals surface area contributed by atoms with Gasteiger partial charge in [0.2, 0.25) is 5.88 Å². The van der Waals surface area contributed by atoms with Crippen LogP contribution in [0.5, 0.6) is 5.88 Å². The fourth-order valence-corrected chi connectivity index (χ4v) is 4.67. The molecule has 0 aromatic carbocycles. The van der Waals surface area contributed by atoms with Gasteiger partial charge in [0.1, 0.15) is 18.1 Å². The van der Waals surface area contributed by atoms with Crippen LogP contribution in [0.4, 0.5) is 5.82 Å². The number of piperidine rings is 1. The molecule has 0 N–H and O–H groups in total. The van der Waals surface area contributed by atoms with Crippen LogP contribution in [0.15, 0.2) is 42.9 Å². The molecule has 6 heterocycles. The van der Waals surface area contributed by atoms with Crippen LogP contribution in [0.3, 0.4) is 0 Å². The zero-order valence-electron chi connectivity index (χ0n) is 17.6. The Labute approximate surface area is 181 Å². The Morgan fingerprint density at radius 3 is 2.68 bits per heavy atom. The maximum atomic E-state index is 5.75. The Balaban J connectivity index is 1.15. The van der Waals surface area contributed by atoms with Gasteiger partial charge in [0, 0.05) is 37.1 Å². The van der Waals surface area contributed by atoms with Crippen molar-refractivity contribution in [1.29, 1.82) is 0 Å². The van der Waals surface area contributed by atoms with Gasteiger partial charge in [-0.1, -0.05) is 0 Å². The summed E-state index contributed by atoms with van der Waals surface area (Å²) in [6.07, 6.45) is 7.99. The van der Waals surface area contributed by atoms with Crippen molar-refractivity contribution in [3.05, 3.63) is 48.4 Å². The molecular weight excluding hydrogens is 392 g/mol. The van der Waals surface area contributed by atoms with E-state index < -0.39 is 0 Å². The van der Waals surface area contributed by atoms with Gasteiger partial charge in [-0.05, 0) is 44.2 Å². The summed E-state index contributed by atoms with van der Waals surface area (Å²) in [7, 11) is 2.24. The first-order chi connectivity index (χ1) is 15.3. The highest BCUT2D eigenvalue weighted by Gasteiger charge is 2.31. The summed E-state index contributed by atoms with van der Waals surface area (Å²) in [4.78, 5) is 13.9. The highest BCUT2D eigenvalue weighted by atomic mass is 16.5. The Kier molecular flexibility index (Phi) is 4.61. The predicted octanol–water partition coefficient (Wildman–Crippen LogP) is 2.52. The van der Waals surface area contributed by atoms with Crippen LogP contribution in [-0.4, -0.2) is 70.1 Å². The first-order valence-corrected chi connectivity index (χ1v) is 10.9. The lowest BCUT2D eigenvalue weighted by molar-refractivity contribution is -0.0718. The second-order valence-electron chi connectivity index (χ2n) is 8.54. The Bertz CT molecular complexity index is 1070. The van der Waals surface area contributed by atoms with Gasteiger partial charge in [-0.25, -0.2) is 14.6 Å². The van der Waals surface area contributed by atoms with E-state index in [-0.39, 0.29) is 0 Å². The number of aromatic nitrogens is 4. The summed E-state index contributed by atoms with van der Waals surface area (Å²) in [5, 5.41) is 4.79. The summed E-state index contributed by atoms with van der Waals surface area (Å²) in [6.45, 7) is 4.31. The molecular formula is C23H26N6O2. The topological polar surface area (TPSA) is 68.5 Å². The minimum Gasteiger partial charge on any atom is -0.472 e. The molecule has 3 aliphatic rings. The van der Waals surface area contributed by atoms with Crippen LogP contribution in [0.1, 0.15) is 18.4 Å². The van der Waals surface area contributed by atoms with Gasteiger partial charge in [-0.3, -0.25) is 4.90 Å². The predicted molar refractivity (Wildman–Crippen MR) is 117 cm³/mol. The molecule has 0 saturated carbocycles. The Morgan fingerprint density at radius 1 is 1.06 bits per heavy atom. The Hall–Kier alpha value is -2.97. The van der Waals surface area contributed by atoms with Crippen molar-refractivity contribution in [3.8, 4) is 22.8 Å². The molecule has 2 fully saturated rings. The second kappa shape index (κ2) is 7.62. The highest BCUT2D eigenvalue weighted by molar-refractivity contribution is 5.69. The van der Waals surface area contributed by atoms with Gasteiger partial charge in [-0.15, -0.1) is 0 Å². The highest BCUT2D eigenvalue weighted by Crippen LogP contribution is 2.35. The van der Waals surface area contributed by atoms with Gasteiger partial charge in [0.05, 0.1) is 36.7 Å². The number of fused-ring (bicyclic) bond motifs is 3. The van der Waals surface area contributed by atoms with Crippen molar-refractivity contribution in [2.45, 2.75) is 31.5 Å². The minimum absolute atomic E-state index is 0.487. The first kappa shape index (κ1) is 18.8. The summed E-state index contributed by atoms with van der Waals surface area (Å²) >= 11 is 0. The fourth-order valence-electron chi connectivity index (χ4n) is 4.67. The Morgan fingerprint density at radius 2 is 1.94 bits per heavy atom. The van der Waals surface area contributed by atoms with Gasteiger partial charge in [0.25, 0.3) is 0 Å². The molecule has 3 aromatic rings. The van der Waals surface area contributed by atoms with E-state index >= 15 is 0 Å². The zero-order chi connectivity index (χ0) is 20.8.